The summed E-state index contributed by atoms with van der Waals surface area (Å²) in [4.78, 5) is 23.8. The number of anilines is 2. The third-order valence-corrected chi connectivity index (χ3v) is 5.13. The standard InChI is InChI=1S/C23H24N4O/c1-15-8-9-16(2)20(12-15)26-22-13-21(24-17(3)25-22)23(28)27-11-10-18-6-4-5-7-19(18)14-27/h4-9,12-13H,10-11,14H2,1-3H3,(H,24,25,26). The Morgan fingerprint density at radius 1 is 1.00 bits per heavy atom. The molecule has 2 aromatic carbocycles. The van der Waals surface area contributed by atoms with E-state index >= 15 is 0 Å². The molecule has 1 aromatic heterocycles. The lowest BCUT2D eigenvalue weighted by Crippen LogP contribution is -2.36. The third kappa shape index (κ3) is 3.74. The van der Waals surface area contributed by atoms with Crippen LogP contribution in [0.4, 0.5) is 11.5 Å². The van der Waals surface area contributed by atoms with Gasteiger partial charge in [0.1, 0.15) is 17.3 Å². The Hall–Kier alpha value is -3.21. The van der Waals surface area contributed by atoms with Crippen molar-refractivity contribution in [2.75, 3.05) is 11.9 Å². The molecular formula is C23H24N4O. The number of nitrogens with one attached hydrogen (secondary N) is 1. The molecule has 0 radical (unpaired) electrons. The van der Waals surface area contributed by atoms with Crippen LogP contribution < -0.4 is 5.32 Å². The summed E-state index contributed by atoms with van der Waals surface area (Å²) >= 11 is 0. The lowest BCUT2D eigenvalue weighted by Gasteiger charge is -2.28. The quantitative estimate of drug-likeness (QED) is 0.743. The van der Waals surface area contributed by atoms with Crippen LogP contribution in [0.3, 0.4) is 0 Å². The third-order valence-electron chi connectivity index (χ3n) is 5.13. The molecule has 0 aliphatic carbocycles. The van der Waals surface area contributed by atoms with Crippen molar-refractivity contribution in [3.8, 4) is 0 Å². The average Bonchev–Trinajstić information content (AvgIpc) is 2.69. The lowest BCUT2D eigenvalue weighted by atomic mass is 10.00. The summed E-state index contributed by atoms with van der Waals surface area (Å²) in [7, 11) is 0. The molecule has 0 saturated heterocycles. The molecule has 1 N–H and O–H groups in total. The molecule has 5 nitrogen and oxygen atoms in total. The van der Waals surface area contributed by atoms with Gasteiger partial charge in [0, 0.05) is 24.8 Å². The van der Waals surface area contributed by atoms with Crippen molar-refractivity contribution in [1.82, 2.24) is 14.9 Å². The number of rotatable bonds is 3. The van der Waals surface area contributed by atoms with E-state index in [4.69, 9.17) is 0 Å². The number of carbonyl (C=O) groups is 1. The van der Waals surface area contributed by atoms with Crippen LogP contribution in [0, 0.1) is 20.8 Å². The van der Waals surface area contributed by atoms with Crippen LogP contribution in [0.5, 0.6) is 0 Å². The molecule has 0 saturated carbocycles. The first-order valence-corrected chi connectivity index (χ1v) is 9.55. The smallest absolute Gasteiger partial charge is 0.272 e. The second kappa shape index (κ2) is 7.43. The van der Waals surface area contributed by atoms with Crippen LogP contribution in [0.15, 0.2) is 48.5 Å². The Morgan fingerprint density at radius 3 is 2.61 bits per heavy atom. The maximum atomic E-state index is 13.1. The fraction of sp³-hybridized carbons (Fsp3) is 0.261. The maximum absolute atomic E-state index is 13.1. The number of aryl methyl sites for hydroxylation is 3. The molecule has 0 spiro atoms. The zero-order chi connectivity index (χ0) is 19.7. The number of carbonyl (C=O) groups excluding carboxylic acids is 1. The van der Waals surface area contributed by atoms with Crippen molar-refractivity contribution < 1.29 is 4.79 Å². The minimum absolute atomic E-state index is 0.0518. The minimum Gasteiger partial charge on any atom is -0.340 e. The molecule has 1 aliphatic rings. The molecule has 28 heavy (non-hydrogen) atoms. The summed E-state index contributed by atoms with van der Waals surface area (Å²) in [5.41, 5.74) is 6.25. The number of fused-ring (bicyclic) bond motifs is 1. The van der Waals surface area contributed by atoms with Gasteiger partial charge in [-0.2, -0.15) is 0 Å². The van der Waals surface area contributed by atoms with Crippen molar-refractivity contribution in [2.45, 2.75) is 33.7 Å². The Balaban J connectivity index is 1.58. The second-order valence-corrected chi connectivity index (χ2v) is 7.37. The van der Waals surface area contributed by atoms with E-state index in [9.17, 15) is 4.79 Å². The Morgan fingerprint density at radius 2 is 1.79 bits per heavy atom. The highest BCUT2D eigenvalue weighted by Crippen LogP contribution is 2.23. The lowest BCUT2D eigenvalue weighted by molar-refractivity contribution is 0.0728. The largest absolute Gasteiger partial charge is 0.340 e. The molecule has 142 valence electrons. The molecule has 2 heterocycles. The topological polar surface area (TPSA) is 58.1 Å². The second-order valence-electron chi connectivity index (χ2n) is 7.37. The predicted octanol–water partition coefficient (Wildman–Crippen LogP) is 4.34. The van der Waals surface area contributed by atoms with Gasteiger partial charge in [0.25, 0.3) is 5.91 Å². The highest BCUT2D eigenvalue weighted by molar-refractivity contribution is 5.93. The van der Waals surface area contributed by atoms with Crippen LogP contribution in [0.25, 0.3) is 0 Å². The molecule has 5 heteroatoms. The van der Waals surface area contributed by atoms with Crippen molar-refractivity contribution in [3.63, 3.8) is 0 Å². The van der Waals surface area contributed by atoms with Gasteiger partial charge in [0.05, 0.1) is 0 Å². The fourth-order valence-corrected chi connectivity index (χ4v) is 3.58. The first-order valence-electron chi connectivity index (χ1n) is 9.55. The summed E-state index contributed by atoms with van der Waals surface area (Å²) in [6.07, 6.45) is 0.875. The van der Waals surface area contributed by atoms with Gasteiger partial charge in [-0.15, -0.1) is 0 Å². The minimum atomic E-state index is -0.0518. The Labute approximate surface area is 165 Å². The normalized spacial score (nSPS) is 13.2. The summed E-state index contributed by atoms with van der Waals surface area (Å²) < 4.78 is 0. The average molecular weight is 372 g/mol. The monoisotopic (exact) mass is 372 g/mol. The van der Waals surface area contributed by atoms with Crippen LogP contribution >= 0.6 is 0 Å². The van der Waals surface area contributed by atoms with E-state index < -0.39 is 0 Å². The fourth-order valence-electron chi connectivity index (χ4n) is 3.58. The Bertz CT molecular complexity index is 1040. The molecule has 0 bridgehead atoms. The SMILES string of the molecule is Cc1ccc(C)c(Nc2cc(C(=O)N3CCc4ccccc4C3)nc(C)n2)c1. The number of hydrogen-bond donors (Lipinski definition) is 1. The van der Waals surface area contributed by atoms with Gasteiger partial charge < -0.3 is 10.2 Å². The predicted molar refractivity (Wildman–Crippen MR) is 111 cm³/mol. The molecule has 0 atom stereocenters. The van der Waals surface area contributed by atoms with Gasteiger partial charge in [0.2, 0.25) is 0 Å². The van der Waals surface area contributed by atoms with Gasteiger partial charge in [-0.1, -0.05) is 36.4 Å². The van der Waals surface area contributed by atoms with Crippen molar-refractivity contribution in [1.29, 1.82) is 0 Å². The van der Waals surface area contributed by atoms with E-state index in [0.29, 0.717) is 30.4 Å². The van der Waals surface area contributed by atoms with Crippen LogP contribution in [0.2, 0.25) is 0 Å². The molecule has 3 aromatic rings. The van der Waals surface area contributed by atoms with E-state index in [1.165, 1.54) is 16.7 Å². The van der Waals surface area contributed by atoms with E-state index in [2.05, 4.69) is 58.6 Å². The summed E-state index contributed by atoms with van der Waals surface area (Å²) in [6, 6.07) is 16.3. The van der Waals surface area contributed by atoms with Gasteiger partial charge in [-0.25, -0.2) is 9.97 Å². The molecule has 1 amide bonds. The van der Waals surface area contributed by atoms with Crippen LogP contribution in [0.1, 0.15) is 38.6 Å². The van der Waals surface area contributed by atoms with Crippen molar-refractivity contribution in [2.24, 2.45) is 0 Å². The number of aromatic nitrogens is 2. The number of benzene rings is 2. The van der Waals surface area contributed by atoms with Crippen molar-refractivity contribution >= 4 is 17.4 Å². The molecule has 1 aliphatic heterocycles. The van der Waals surface area contributed by atoms with E-state index in [-0.39, 0.29) is 5.91 Å². The first-order chi connectivity index (χ1) is 13.5. The molecule has 4 rings (SSSR count). The highest BCUT2D eigenvalue weighted by Gasteiger charge is 2.23. The molecule has 0 fully saturated rings. The van der Waals surface area contributed by atoms with Gasteiger partial charge in [-0.05, 0) is 55.5 Å². The van der Waals surface area contributed by atoms with Crippen molar-refractivity contribution in [3.05, 3.63) is 82.3 Å². The van der Waals surface area contributed by atoms with Gasteiger partial charge in [-0.3, -0.25) is 4.79 Å². The van der Waals surface area contributed by atoms with E-state index in [0.717, 1.165) is 17.7 Å². The molecule has 0 unspecified atom stereocenters. The van der Waals surface area contributed by atoms with Crippen LogP contribution in [-0.4, -0.2) is 27.3 Å². The van der Waals surface area contributed by atoms with E-state index in [1.54, 1.807) is 6.07 Å². The summed E-state index contributed by atoms with van der Waals surface area (Å²) in [5, 5.41) is 3.35. The highest BCUT2D eigenvalue weighted by atomic mass is 16.2. The van der Waals surface area contributed by atoms with Crippen LogP contribution in [-0.2, 0) is 13.0 Å². The zero-order valence-corrected chi connectivity index (χ0v) is 16.5. The number of amides is 1. The maximum Gasteiger partial charge on any atom is 0.272 e. The zero-order valence-electron chi connectivity index (χ0n) is 16.5. The van der Waals surface area contributed by atoms with Gasteiger partial charge >= 0.3 is 0 Å². The van der Waals surface area contributed by atoms with Gasteiger partial charge in [0.15, 0.2) is 0 Å². The summed E-state index contributed by atoms with van der Waals surface area (Å²) in [5.74, 6) is 1.17. The first kappa shape index (κ1) is 18.2. The number of nitrogens with zero attached hydrogens (tertiary/aromatic N) is 3. The van der Waals surface area contributed by atoms with E-state index in [1.807, 2.05) is 24.8 Å². The molecular weight excluding hydrogens is 348 g/mol. The number of hydrogen-bond acceptors (Lipinski definition) is 4. The Kier molecular flexibility index (Phi) is 4.82. The summed E-state index contributed by atoms with van der Waals surface area (Å²) in [6.45, 7) is 7.25.